The first-order chi connectivity index (χ1) is 14.8. The lowest BCUT2D eigenvalue weighted by atomic mass is 9.94. The van der Waals surface area contributed by atoms with Gasteiger partial charge in [0.2, 0.25) is 5.91 Å². The Morgan fingerprint density at radius 3 is 2.16 bits per heavy atom. The summed E-state index contributed by atoms with van der Waals surface area (Å²) in [6.07, 6.45) is -7.76. The highest BCUT2D eigenvalue weighted by molar-refractivity contribution is 5.76. The van der Waals surface area contributed by atoms with Gasteiger partial charge >= 0.3 is 12.4 Å². The van der Waals surface area contributed by atoms with Gasteiger partial charge in [-0.25, -0.2) is 9.97 Å². The van der Waals surface area contributed by atoms with Crippen molar-refractivity contribution < 1.29 is 31.1 Å². The molecule has 5 nitrogen and oxygen atoms in total. The number of carbonyl (C=O) groups is 1. The van der Waals surface area contributed by atoms with Gasteiger partial charge in [-0.1, -0.05) is 13.8 Å². The molecule has 0 unspecified atom stereocenters. The van der Waals surface area contributed by atoms with Gasteiger partial charge in [0.25, 0.3) is 0 Å². The highest BCUT2D eigenvalue weighted by Gasteiger charge is 2.37. The molecule has 0 saturated heterocycles. The maximum Gasteiger partial charge on any atom is 0.416 e. The first kappa shape index (κ1) is 25.6. The highest BCUT2D eigenvalue weighted by atomic mass is 19.4. The average Bonchev–Trinajstić information content (AvgIpc) is 2.70. The van der Waals surface area contributed by atoms with E-state index in [9.17, 15) is 31.1 Å². The molecule has 1 aromatic heterocycles. The summed E-state index contributed by atoms with van der Waals surface area (Å²) in [6, 6.07) is 2.57. The second-order valence-electron chi connectivity index (χ2n) is 7.88. The van der Waals surface area contributed by atoms with Crippen molar-refractivity contribution in [2.24, 2.45) is 17.6 Å². The molecule has 1 heterocycles. The van der Waals surface area contributed by atoms with Gasteiger partial charge in [0.05, 0.1) is 23.4 Å². The van der Waals surface area contributed by atoms with E-state index in [2.05, 4.69) is 15.3 Å². The molecule has 0 radical (unpaired) electrons. The monoisotopic (exact) mass is 462 g/mol. The van der Waals surface area contributed by atoms with Crippen molar-refractivity contribution in [3.05, 3.63) is 47.3 Å². The van der Waals surface area contributed by atoms with Crippen molar-refractivity contribution in [2.45, 2.75) is 45.6 Å². The Morgan fingerprint density at radius 2 is 1.66 bits per heavy atom. The summed E-state index contributed by atoms with van der Waals surface area (Å²) < 4.78 is 78.5. The molecular weight excluding hydrogens is 438 g/mol. The number of nitrogens with two attached hydrogens (primary N) is 1. The van der Waals surface area contributed by atoms with Gasteiger partial charge in [-0.2, -0.15) is 26.3 Å². The van der Waals surface area contributed by atoms with Gasteiger partial charge in [-0.05, 0) is 49.1 Å². The van der Waals surface area contributed by atoms with E-state index in [1.54, 1.807) is 0 Å². The number of rotatable bonds is 8. The molecule has 1 aromatic carbocycles. The number of nitrogens with one attached hydrogen (secondary N) is 1. The molecule has 3 N–H and O–H groups in total. The van der Waals surface area contributed by atoms with Crippen molar-refractivity contribution >= 4 is 5.91 Å². The minimum Gasteiger partial charge on any atom is -0.350 e. The van der Waals surface area contributed by atoms with Crippen LogP contribution in [0.5, 0.6) is 0 Å². The number of amides is 1. The Labute approximate surface area is 181 Å². The van der Waals surface area contributed by atoms with Gasteiger partial charge < -0.3 is 11.1 Å². The fourth-order valence-electron chi connectivity index (χ4n) is 3.17. The third-order valence-electron chi connectivity index (χ3n) is 4.64. The van der Waals surface area contributed by atoms with E-state index in [4.69, 9.17) is 5.73 Å². The molecule has 1 amide bonds. The van der Waals surface area contributed by atoms with Gasteiger partial charge in [0.1, 0.15) is 0 Å². The van der Waals surface area contributed by atoms with Gasteiger partial charge in [-0.3, -0.25) is 4.79 Å². The van der Waals surface area contributed by atoms with Gasteiger partial charge in [-0.15, -0.1) is 0 Å². The van der Waals surface area contributed by atoms with Crippen molar-refractivity contribution in [3.63, 3.8) is 0 Å². The van der Waals surface area contributed by atoms with Crippen LogP contribution in [0.3, 0.4) is 0 Å². The summed E-state index contributed by atoms with van der Waals surface area (Å²) in [5.74, 6) is -0.218. The molecule has 0 fully saturated rings. The van der Waals surface area contributed by atoms with Crippen molar-refractivity contribution in [2.75, 3.05) is 6.54 Å². The number of hydrogen-bond acceptors (Lipinski definition) is 4. The molecule has 1 atom stereocenters. The van der Waals surface area contributed by atoms with Crippen LogP contribution in [-0.4, -0.2) is 22.4 Å². The molecule has 2 aromatic rings. The molecule has 11 heteroatoms. The number of aromatic nitrogens is 2. The van der Waals surface area contributed by atoms with Crippen LogP contribution in [0, 0.1) is 11.8 Å². The van der Waals surface area contributed by atoms with E-state index in [0.29, 0.717) is 24.6 Å². The van der Waals surface area contributed by atoms with E-state index < -0.39 is 29.0 Å². The molecule has 32 heavy (non-hydrogen) atoms. The van der Waals surface area contributed by atoms with Crippen molar-refractivity contribution in [3.8, 4) is 11.4 Å². The molecule has 176 valence electrons. The Kier molecular flexibility index (Phi) is 8.22. The van der Waals surface area contributed by atoms with Crippen LogP contribution in [0.1, 0.15) is 43.5 Å². The first-order valence-electron chi connectivity index (χ1n) is 9.88. The lowest BCUT2D eigenvalue weighted by Gasteiger charge is -2.16. The zero-order valence-corrected chi connectivity index (χ0v) is 17.5. The van der Waals surface area contributed by atoms with Crippen LogP contribution >= 0.6 is 0 Å². The summed E-state index contributed by atoms with van der Waals surface area (Å²) in [4.78, 5) is 20.0. The quantitative estimate of drug-likeness (QED) is 0.552. The van der Waals surface area contributed by atoms with E-state index in [0.717, 1.165) is 6.42 Å². The summed E-state index contributed by atoms with van der Waals surface area (Å²) >= 11 is 0. The molecule has 0 spiro atoms. The third-order valence-corrected chi connectivity index (χ3v) is 4.64. The third kappa shape index (κ3) is 7.47. The van der Waals surface area contributed by atoms with Crippen molar-refractivity contribution in [1.29, 1.82) is 0 Å². The second kappa shape index (κ2) is 10.3. The standard InChI is InChI=1S/C21H24F6N4O/c1-12(2)5-13(10-28)6-18(32)30-11-17-3-4-29-19(31-17)14-7-15(20(22,23)24)9-16(8-14)21(25,26)27/h3-4,7-9,12-13H,5-6,10-11,28H2,1-2H3,(H,30,32)/t13-/m0/s1. The van der Waals surface area contributed by atoms with E-state index in [1.807, 2.05) is 13.8 Å². The van der Waals surface area contributed by atoms with E-state index >= 15 is 0 Å². The van der Waals surface area contributed by atoms with E-state index in [-0.39, 0.29) is 42.4 Å². The Hall–Kier alpha value is -2.69. The summed E-state index contributed by atoms with van der Waals surface area (Å²) in [5, 5.41) is 2.64. The zero-order chi connectivity index (χ0) is 24.1. The number of carbonyl (C=O) groups excluding carboxylic acids is 1. The summed E-state index contributed by atoms with van der Waals surface area (Å²) in [6.45, 7) is 4.32. The molecule has 0 aliphatic rings. The molecule has 0 aliphatic carbocycles. The van der Waals surface area contributed by atoms with Crippen LogP contribution in [0.4, 0.5) is 26.3 Å². The summed E-state index contributed by atoms with van der Waals surface area (Å²) in [5.41, 5.74) is 2.58. The largest absolute Gasteiger partial charge is 0.416 e. The second-order valence-corrected chi connectivity index (χ2v) is 7.88. The number of benzene rings is 1. The Balaban J connectivity index is 2.21. The maximum atomic E-state index is 13.1. The normalized spacial score (nSPS) is 13.3. The lowest BCUT2D eigenvalue weighted by Crippen LogP contribution is -2.28. The number of alkyl halides is 6. The summed E-state index contributed by atoms with van der Waals surface area (Å²) in [7, 11) is 0. The fourth-order valence-corrected chi connectivity index (χ4v) is 3.17. The smallest absolute Gasteiger partial charge is 0.350 e. The van der Waals surface area contributed by atoms with Crippen molar-refractivity contribution in [1.82, 2.24) is 15.3 Å². The SMILES string of the molecule is CC(C)C[C@H](CN)CC(=O)NCc1ccnc(-c2cc(C(F)(F)F)cc(C(F)(F)F)c2)n1. The molecule has 2 rings (SSSR count). The van der Waals surface area contributed by atoms with Crippen LogP contribution in [0.25, 0.3) is 11.4 Å². The Bertz CT molecular complexity index is 895. The topological polar surface area (TPSA) is 80.9 Å². The number of nitrogens with zero attached hydrogens (tertiary/aromatic N) is 2. The predicted octanol–water partition coefficient (Wildman–Crippen LogP) is 4.81. The lowest BCUT2D eigenvalue weighted by molar-refractivity contribution is -0.143. The van der Waals surface area contributed by atoms with Gasteiger partial charge in [0.15, 0.2) is 5.82 Å². The number of hydrogen-bond donors (Lipinski definition) is 2. The van der Waals surface area contributed by atoms with Crippen LogP contribution < -0.4 is 11.1 Å². The average molecular weight is 462 g/mol. The molecule has 0 aliphatic heterocycles. The zero-order valence-electron chi connectivity index (χ0n) is 17.5. The first-order valence-corrected chi connectivity index (χ1v) is 9.88. The highest BCUT2D eigenvalue weighted by Crippen LogP contribution is 2.38. The number of halogens is 6. The maximum absolute atomic E-state index is 13.1. The molecular formula is C21H24F6N4O. The molecule has 0 saturated carbocycles. The minimum atomic E-state index is -4.98. The predicted molar refractivity (Wildman–Crippen MR) is 106 cm³/mol. The van der Waals surface area contributed by atoms with Crippen LogP contribution in [-0.2, 0) is 23.7 Å². The minimum absolute atomic E-state index is 0.00172. The van der Waals surface area contributed by atoms with Gasteiger partial charge in [0, 0.05) is 18.2 Å². The Morgan fingerprint density at radius 1 is 1.06 bits per heavy atom. The van der Waals surface area contributed by atoms with Crippen LogP contribution in [0.2, 0.25) is 0 Å². The van der Waals surface area contributed by atoms with E-state index in [1.165, 1.54) is 12.3 Å². The fraction of sp³-hybridized carbons (Fsp3) is 0.476. The van der Waals surface area contributed by atoms with Crippen LogP contribution in [0.15, 0.2) is 30.5 Å². The molecule has 0 bridgehead atoms.